The Morgan fingerprint density at radius 2 is 2.00 bits per heavy atom. The van der Waals surface area contributed by atoms with Crippen molar-refractivity contribution in [3.63, 3.8) is 0 Å². The van der Waals surface area contributed by atoms with Gasteiger partial charge < -0.3 is 23.2 Å². The lowest BCUT2D eigenvalue weighted by Gasteiger charge is -2.17. The van der Waals surface area contributed by atoms with Crippen LogP contribution in [-0.4, -0.2) is 29.5 Å². The molecule has 0 aliphatic heterocycles. The van der Waals surface area contributed by atoms with Gasteiger partial charge in [0, 0.05) is 19.5 Å². The summed E-state index contributed by atoms with van der Waals surface area (Å²) in [6, 6.07) is 4.25. The number of hydrogen-bond donors (Lipinski definition) is 0. The lowest BCUT2D eigenvalue weighted by molar-refractivity contribution is -0.0405. The number of rotatable bonds is 10. The minimum absolute atomic E-state index is 0.0303. The van der Waals surface area contributed by atoms with E-state index in [0.29, 0.717) is 17.9 Å². The van der Waals surface area contributed by atoms with Gasteiger partial charge >= 0.3 is 0 Å². The van der Waals surface area contributed by atoms with Crippen molar-refractivity contribution in [3.8, 4) is 5.75 Å². The van der Waals surface area contributed by atoms with Crippen LogP contribution in [0.2, 0.25) is 5.02 Å². The first-order chi connectivity index (χ1) is 15.4. The van der Waals surface area contributed by atoms with E-state index in [1.165, 1.54) is 30.0 Å². The Balaban J connectivity index is 2.20. The summed E-state index contributed by atoms with van der Waals surface area (Å²) in [6.45, 7) is 2.58. The molecule has 0 unspecified atom stereocenters. The molecule has 32 heavy (non-hydrogen) atoms. The summed E-state index contributed by atoms with van der Waals surface area (Å²) < 4.78 is 33.0. The highest BCUT2D eigenvalue weighted by Crippen LogP contribution is 2.21. The van der Waals surface area contributed by atoms with Crippen molar-refractivity contribution in [3.05, 3.63) is 77.7 Å². The summed E-state index contributed by atoms with van der Waals surface area (Å²) in [4.78, 5) is 26.2. The maximum absolute atomic E-state index is 13.6. The van der Waals surface area contributed by atoms with Gasteiger partial charge in [0.05, 0.1) is 34.9 Å². The lowest BCUT2D eigenvalue weighted by atomic mass is 10.2. The van der Waals surface area contributed by atoms with Crippen LogP contribution in [0.3, 0.4) is 0 Å². The summed E-state index contributed by atoms with van der Waals surface area (Å²) in [5.74, 6) is -0.574. The summed E-state index contributed by atoms with van der Waals surface area (Å²) >= 11 is 9.16. The zero-order valence-electron chi connectivity index (χ0n) is 17.7. The van der Waals surface area contributed by atoms with Gasteiger partial charge in [-0.2, -0.15) is 0 Å². The van der Waals surface area contributed by atoms with Gasteiger partial charge in [0.15, 0.2) is 11.3 Å². The van der Waals surface area contributed by atoms with Gasteiger partial charge in [-0.1, -0.05) is 31.0 Å². The van der Waals surface area contributed by atoms with Gasteiger partial charge in [-0.15, -0.1) is 0 Å². The van der Waals surface area contributed by atoms with E-state index in [-0.39, 0.29) is 40.7 Å². The third-order valence-corrected chi connectivity index (χ3v) is 5.59. The topological polar surface area (TPSA) is 71.2 Å². The van der Waals surface area contributed by atoms with E-state index in [2.05, 4.69) is 15.9 Å². The van der Waals surface area contributed by atoms with Gasteiger partial charge in [0.2, 0.25) is 5.43 Å². The first-order valence-electron chi connectivity index (χ1n) is 9.98. The van der Waals surface area contributed by atoms with Crippen LogP contribution >= 0.6 is 27.5 Å². The highest BCUT2D eigenvalue weighted by Gasteiger charge is 2.19. The molecule has 0 aliphatic carbocycles. The van der Waals surface area contributed by atoms with E-state index in [9.17, 15) is 14.0 Å². The first-order valence-corrected chi connectivity index (χ1v) is 11.1. The van der Waals surface area contributed by atoms with Crippen molar-refractivity contribution in [2.75, 3.05) is 20.5 Å². The third-order valence-electron chi connectivity index (χ3n) is 4.73. The molecule has 0 aliphatic rings. The van der Waals surface area contributed by atoms with Gasteiger partial charge in [0.1, 0.15) is 12.6 Å². The van der Waals surface area contributed by atoms with Crippen LogP contribution in [0.5, 0.6) is 5.75 Å². The molecule has 1 aromatic carbocycles. The highest BCUT2D eigenvalue weighted by atomic mass is 79.9. The van der Waals surface area contributed by atoms with Crippen LogP contribution in [0.15, 0.2) is 44.7 Å². The van der Waals surface area contributed by atoms with E-state index in [4.69, 9.17) is 25.8 Å². The number of nitrogens with zero attached hydrogens (tertiary/aromatic N) is 2. The molecular weight excluding hydrogens is 507 g/mol. The maximum Gasteiger partial charge on any atom is 0.279 e. The Bertz CT molecular complexity index is 1230. The number of methoxy groups -OCH3 is 1. The minimum atomic E-state index is -0.544. The fraction of sp³-hybridized carbons (Fsp3) is 0.364. The molecule has 0 N–H and O–H groups in total. The Kier molecular flexibility index (Phi) is 8.47. The van der Waals surface area contributed by atoms with E-state index in [1.807, 2.05) is 6.92 Å². The smallest absolute Gasteiger partial charge is 0.279 e. The number of halogens is 3. The molecule has 0 saturated heterocycles. The fourth-order valence-electron chi connectivity index (χ4n) is 3.17. The number of fused-ring (bicyclic) bond motifs is 1. The number of ether oxygens (including phenoxy) is 3. The SMILES string of the molecule is CCCCOc1c(=O)c(Br)cn2c(COCOC)cn(Cc3ccc(F)c(Cl)c3)c(=O)c12. The van der Waals surface area contributed by atoms with Crippen LogP contribution in [0.4, 0.5) is 4.39 Å². The summed E-state index contributed by atoms with van der Waals surface area (Å²) in [6.07, 6.45) is 4.75. The second-order valence-electron chi connectivity index (χ2n) is 7.11. The molecule has 2 heterocycles. The quantitative estimate of drug-likeness (QED) is 0.288. The van der Waals surface area contributed by atoms with Crippen molar-refractivity contribution in [1.82, 2.24) is 8.97 Å². The molecule has 172 valence electrons. The molecule has 0 radical (unpaired) electrons. The van der Waals surface area contributed by atoms with Crippen molar-refractivity contribution >= 4 is 33.0 Å². The second kappa shape index (κ2) is 11.1. The summed E-state index contributed by atoms with van der Waals surface area (Å²) in [5.41, 5.74) is 0.466. The number of benzene rings is 1. The van der Waals surface area contributed by atoms with E-state index < -0.39 is 16.8 Å². The molecule has 2 aromatic heterocycles. The monoisotopic (exact) mass is 528 g/mol. The van der Waals surface area contributed by atoms with E-state index in [0.717, 1.165) is 12.8 Å². The highest BCUT2D eigenvalue weighted by molar-refractivity contribution is 9.10. The van der Waals surface area contributed by atoms with Gasteiger partial charge in [-0.3, -0.25) is 9.59 Å². The molecular formula is C22H23BrClFN2O5. The Hall–Kier alpha value is -2.20. The molecule has 3 rings (SSSR count). The van der Waals surface area contributed by atoms with Crippen molar-refractivity contribution < 1.29 is 18.6 Å². The van der Waals surface area contributed by atoms with E-state index in [1.54, 1.807) is 16.7 Å². The van der Waals surface area contributed by atoms with Crippen LogP contribution in [-0.2, 0) is 22.6 Å². The van der Waals surface area contributed by atoms with Crippen LogP contribution in [0.25, 0.3) is 5.52 Å². The maximum atomic E-state index is 13.6. The molecule has 0 bridgehead atoms. The third kappa shape index (κ3) is 5.40. The number of pyridine rings is 1. The van der Waals surface area contributed by atoms with E-state index >= 15 is 0 Å². The molecule has 0 amide bonds. The number of hydrogen-bond acceptors (Lipinski definition) is 5. The molecule has 0 fully saturated rings. The average Bonchev–Trinajstić information content (AvgIpc) is 2.76. The Morgan fingerprint density at radius 3 is 2.69 bits per heavy atom. The molecule has 3 aromatic rings. The van der Waals surface area contributed by atoms with Crippen LogP contribution in [0, 0.1) is 5.82 Å². The van der Waals surface area contributed by atoms with Gasteiger partial charge in [-0.05, 0) is 40.0 Å². The zero-order chi connectivity index (χ0) is 23.3. The molecule has 0 saturated carbocycles. The minimum Gasteiger partial charge on any atom is -0.487 e. The molecule has 0 atom stereocenters. The van der Waals surface area contributed by atoms with Crippen molar-refractivity contribution in [1.29, 1.82) is 0 Å². The molecule has 10 heteroatoms. The normalized spacial score (nSPS) is 11.3. The van der Waals surface area contributed by atoms with Crippen LogP contribution in [0.1, 0.15) is 31.0 Å². The second-order valence-corrected chi connectivity index (χ2v) is 8.37. The summed E-state index contributed by atoms with van der Waals surface area (Å²) in [5, 5.41) is -0.0382. The molecule has 0 spiro atoms. The van der Waals surface area contributed by atoms with Crippen LogP contribution < -0.4 is 15.7 Å². The predicted molar refractivity (Wildman–Crippen MR) is 123 cm³/mol. The summed E-state index contributed by atoms with van der Waals surface area (Å²) in [7, 11) is 1.50. The Labute approximate surface area is 197 Å². The number of unbranched alkanes of at least 4 members (excludes halogenated alkanes) is 1. The largest absolute Gasteiger partial charge is 0.487 e. The fourth-order valence-corrected chi connectivity index (χ4v) is 3.75. The standard InChI is InChI=1S/C22H23BrClFN2O5/c1-3-4-7-32-21-19-22(29)26(9-14-5-6-18(25)17(24)8-14)10-15(12-31-13-30-2)27(19)11-16(23)20(21)28/h5-6,8,10-11H,3-4,7,9,12-13H2,1-2H3. The first kappa shape index (κ1) is 24.4. The van der Waals surface area contributed by atoms with Crippen molar-refractivity contribution in [2.24, 2.45) is 0 Å². The van der Waals surface area contributed by atoms with Gasteiger partial charge in [0.25, 0.3) is 5.56 Å². The zero-order valence-corrected chi connectivity index (χ0v) is 20.0. The average molecular weight is 530 g/mol. The molecule has 7 nitrogen and oxygen atoms in total. The Morgan fingerprint density at radius 1 is 1.22 bits per heavy atom. The van der Waals surface area contributed by atoms with Crippen molar-refractivity contribution in [2.45, 2.75) is 32.9 Å². The predicted octanol–water partition coefficient (Wildman–Crippen LogP) is 4.36. The van der Waals surface area contributed by atoms with Gasteiger partial charge in [-0.25, -0.2) is 4.39 Å². The lowest BCUT2D eigenvalue weighted by Crippen LogP contribution is -2.28. The number of aromatic nitrogens is 2.